The monoisotopic (exact) mass is 493 g/mol. The van der Waals surface area contributed by atoms with Crippen molar-refractivity contribution < 1.29 is 4.79 Å². The van der Waals surface area contributed by atoms with Crippen molar-refractivity contribution >= 4 is 44.9 Å². The fourth-order valence-corrected chi connectivity index (χ4v) is 5.15. The Bertz CT molecular complexity index is 1730. The first kappa shape index (κ1) is 22.1. The summed E-state index contributed by atoms with van der Waals surface area (Å²) in [6.07, 6.45) is 6.53. The van der Waals surface area contributed by atoms with Gasteiger partial charge in [0.25, 0.3) is 0 Å². The number of thiophene rings is 1. The third-order valence-electron chi connectivity index (χ3n) is 5.99. The highest BCUT2D eigenvalue weighted by Gasteiger charge is 2.17. The molecule has 0 fully saturated rings. The van der Waals surface area contributed by atoms with E-state index in [1.54, 1.807) is 29.9 Å². The van der Waals surface area contributed by atoms with Gasteiger partial charge in [0.05, 0.1) is 27.8 Å². The Labute approximate surface area is 210 Å². The van der Waals surface area contributed by atoms with Crippen LogP contribution in [0.3, 0.4) is 0 Å². The molecule has 0 aliphatic rings. The molecule has 6 rings (SSSR count). The summed E-state index contributed by atoms with van der Waals surface area (Å²) in [7, 11) is 0. The maximum Gasteiger partial charge on any atom is 0.224 e. The molecule has 0 bridgehead atoms. The number of aromatic nitrogens is 6. The Balaban J connectivity index is 1.40. The number of anilines is 1. The molecule has 0 atom stereocenters. The summed E-state index contributed by atoms with van der Waals surface area (Å²) in [4.78, 5) is 31.6. The number of amides is 1. The lowest BCUT2D eigenvalue weighted by Crippen LogP contribution is -2.10. The summed E-state index contributed by atoms with van der Waals surface area (Å²) in [5.74, 6) is 0.662. The van der Waals surface area contributed by atoms with E-state index in [1.807, 2.05) is 31.2 Å². The van der Waals surface area contributed by atoms with E-state index in [-0.39, 0.29) is 5.91 Å². The number of fused-ring (bicyclic) bond motifs is 2. The van der Waals surface area contributed by atoms with E-state index in [2.05, 4.69) is 55.6 Å². The Morgan fingerprint density at radius 2 is 1.94 bits per heavy atom. The van der Waals surface area contributed by atoms with E-state index in [4.69, 9.17) is 4.98 Å². The number of hydrogen-bond donors (Lipinski definition) is 3. The van der Waals surface area contributed by atoms with E-state index in [9.17, 15) is 4.79 Å². The quantitative estimate of drug-likeness (QED) is 0.251. The minimum absolute atomic E-state index is 0.0134. The molecule has 0 aliphatic carbocycles. The highest BCUT2D eigenvalue weighted by atomic mass is 32.1. The topological polar surface area (TPSA) is 112 Å². The number of nitrogens with one attached hydrogen (secondary N) is 3. The third kappa shape index (κ3) is 4.03. The molecule has 178 valence electrons. The minimum Gasteiger partial charge on any atom is -0.336 e. The fourth-order valence-electron chi connectivity index (χ4n) is 4.28. The first-order valence-electron chi connectivity index (χ1n) is 11.7. The van der Waals surface area contributed by atoms with Gasteiger partial charge in [-0.1, -0.05) is 13.0 Å². The van der Waals surface area contributed by atoms with Crippen molar-refractivity contribution in [2.75, 3.05) is 5.32 Å². The van der Waals surface area contributed by atoms with Gasteiger partial charge in [-0.3, -0.25) is 19.9 Å². The highest BCUT2D eigenvalue weighted by molar-refractivity contribution is 7.15. The smallest absolute Gasteiger partial charge is 0.224 e. The van der Waals surface area contributed by atoms with E-state index in [1.165, 1.54) is 4.88 Å². The first-order valence-corrected chi connectivity index (χ1v) is 12.6. The number of aryl methyl sites for hydroxylation is 1. The van der Waals surface area contributed by atoms with Crippen molar-refractivity contribution in [2.24, 2.45) is 0 Å². The van der Waals surface area contributed by atoms with Crippen LogP contribution >= 0.6 is 11.3 Å². The predicted molar refractivity (Wildman–Crippen MR) is 144 cm³/mol. The van der Waals surface area contributed by atoms with Crippen LogP contribution in [-0.2, 0) is 4.79 Å². The Morgan fingerprint density at radius 1 is 1.03 bits per heavy atom. The summed E-state index contributed by atoms with van der Waals surface area (Å²) in [6.45, 7) is 4.07. The summed E-state index contributed by atoms with van der Waals surface area (Å²) >= 11 is 1.70. The molecule has 36 heavy (non-hydrogen) atoms. The number of pyridine rings is 2. The zero-order chi connectivity index (χ0) is 24.6. The van der Waals surface area contributed by atoms with Gasteiger partial charge in [0, 0.05) is 34.6 Å². The number of aromatic amines is 2. The van der Waals surface area contributed by atoms with Crippen molar-refractivity contribution in [1.29, 1.82) is 0 Å². The molecule has 0 aliphatic heterocycles. The van der Waals surface area contributed by atoms with Crippen LogP contribution < -0.4 is 5.32 Å². The van der Waals surface area contributed by atoms with Crippen LogP contribution in [0.15, 0.2) is 61.1 Å². The van der Waals surface area contributed by atoms with E-state index in [0.29, 0.717) is 17.9 Å². The SMILES string of the molecule is CCCC(=O)Nc1cncc(-c2ccc3[nH]nc(-c4nc5c(-c6ccc(C)s6)nccc5[nH]4)c3c2)c1. The van der Waals surface area contributed by atoms with Gasteiger partial charge >= 0.3 is 0 Å². The molecule has 0 unspecified atom stereocenters. The van der Waals surface area contributed by atoms with Gasteiger partial charge in [-0.25, -0.2) is 4.98 Å². The molecule has 0 spiro atoms. The van der Waals surface area contributed by atoms with Crippen LogP contribution in [-0.4, -0.2) is 36.0 Å². The molecular weight excluding hydrogens is 470 g/mol. The summed E-state index contributed by atoms with van der Waals surface area (Å²) in [6, 6.07) is 14.1. The number of hydrogen-bond acceptors (Lipinski definition) is 6. The molecule has 5 heterocycles. The zero-order valence-electron chi connectivity index (χ0n) is 19.8. The van der Waals surface area contributed by atoms with E-state index < -0.39 is 0 Å². The average molecular weight is 494 g/mol. The number of carbonyl (C=O) groups excluding carboxylic acids is 1. The van der Waals surface area contributed by atoms with Crippen molar-refractivity contribution in [3.05, 3.63) is 65.9 Å². The fraction of sp³-hybridized carbons (Fsp3) is 0.148. The molecule has 3 N–H and O–H groups in total. The molecule has 5 aromatic heterocycles. The van der Waals surface area contributed by atoms with Crippen LogP contribution in [0.25, 0.3) is 55.2 Å². The Morgan fingerprint density at radius 3 is 2.78 bits per heavy atom. The summed E-state index contributed by atoms with van der Waals surface area (Å²) in [5, 5.41) is 11.5. The van der Waals surface area contributed by atoms with E-state index >= 15 is 0 Å². The molecule has 1 aromatic carbocycles. The second-order valence-corrected chi connectivity index (χ2v) is 9.93. The molecule has 6 aromatic rings. The lowest BCUT2D eigenvalue weighted by molar-refractivity contribution is -0.116. The third-order valence-corrected chi connectivity index (χ3v) is 7.00. The largest absolute Gasteiger partial charge is 0.336 e. The highest BCUT2D eigenvalue weighted by Crippen LogP contribution is 2.34. The standard InChI is InChI=1S/C27H23N7OS/c1-3-4-23(35)30-18-11-17(13-28-14-18)16-6-7-20-19(12-16)24(34-33-20)27-31-21-9-10-29-26(25(21)32-27)22-8-5-15(2)36-22/h5-14H,3-4H2,1-2H3,(H,30,35)(H,31,32)(H,33,34). The van der Waals surface area contributed by atoms with Gasteiger partial charge in [-0.15, -0.1) is 11.3 Å². The zero-order valence-corrected chi connectivity index (χ0v) is 20.6. The first-order chi connectivity index (χ1) is 17.6. The van der Waals surface area contributed by atoms with Gasteiger partial charge < -0.3 is 10.3 Å². The second-order valence-electron chi connectivity index (χ2n) is 8.64. The Hall–Kier alpha value is -4.37. The van der Waals surface area contributed by atoms with Gasteiger partial charge in [-0.2, -0.15) is 5.10 Å². The molecule has 8 nitrogen and oxygen atoms in total. The summed E-state index contributed by atoms with van der Waals surface area (Å²) in [5.41, 5.74) is 6.79. The van der Waals surface area contributed by atoms with Crippen LogP contribution in [0.2, 0.25) is 0 Å². The van der Waals surface area contributed by atoms with Crippen LogP contribution in [0, 0.1) is 6.92 Å². The lowest BCUT2D eigenvalue weighted by atomic mass is 10.0. The number of nitrogens with zero attached hydrogens (tertiary/aromatic N) is 4. The van der Waals surface area contributed by atoms with Gasteiger partial charge in [0.2, 0.25) is 5.91 Å². The van der Waals surface area contributed by atoms with Crippen molar-refractivity contribution in [3.63, 3.8) is 0 Å². The van der Waals surface area contributed by atoms with Crippen molar-refractivity contribution in [3.8, 4) is 33.2 Å². The average Bonchev–Trinajstić information content (AvgIpc) is 3.61. The van der Waals surface area contributed by atoms with Crippen LogP contribution in [0.1, 0.15) is 24.6 Å². The lowest BCUT2D eigenvalue weighted by Gasteiger charge is -2.07. The number of H-pyrrole nitrogens is 2. The van der Waals surface area contributed by atoms with Crippen molar-refractivity contribution in [2.45, 2.75) is 26.7 Å². The number of rotatable bonds is 6. The molecule has 0 saturated carbocycles. The van der Waals surface area contributed by atoms with Crippen LogP contribution in [0.4, 0.5) is 5.69 Å². The maximum atomic E-state index is 12.0. The van der Waals surface area contributed by atoms with Crippen molar-refractivity contribution in [1.82, 2.24) is 30.1 Å². The van der Waals surface area contributed by atoms with Crippen LogP contribution in [0.5, 0.6) is 0 Å². The second kappa shape index (κ2) is 9.01. The predicted octanol–water partition coefficient (Wildman–Crippen LogP) is 6.34. The maximum absolute atomic E-state index is 12.0. The summed E-state index contributed by atoms with van der Waals surface area (Å²) < 4.78 is 0. The van der Waals surface area contributed by atoms with Gasteiger partial charge in [0.1, 0.15) is 16.9 Å². The Kier molecular flexibility index (Phi) is 5.54. The number of benzene rings is 1. The molecule has 1 amide bonds. The number of carbonyl (C=O) groups is 1. The molecule has 0 radical (unpaired) electrons. The molecular formula is C27H23N7OS. The normalized spacial score (nSPS) is 11.4. The minimum atomic E-state index is -0.0134. The number of imidazole rings is 1. The molecule has 9 heteroatoms. The van der Waals surface area contributed by atoms with E-state index in [0.717, 1.165) is 55.7 Å². The molecule has 0 saturated heterocycles. The van der Waals surface area contributed by atoms with Gasteiger partial charge in [-0.05, 0) is 55.3 Å². The van der Waals surface area contributed by atoms with Gasteiger partial charge in [0.15, 0.2) is 5.82 Å².